The Bertz CT molecular complexity index is 1010. The third-order valence-electron chi connectivity index (χ3n) is 4.23. The minimum atomic E-state index is 0.0660. The Morgan fingerprint density at radius 2 is 1.32 bits per heavy atom. The van der Waals surface area contributed by atoms with Gasteiger partial charge in [-0.2, -0.15) is 0 Å². The minimum Gasteiger partial charge on any atom is -0.457 e. The van der Waals surface area contributed by atoms with Crippen molar-refractivity contribution in [1.82, 2.24) is 0 Å². The first-order chi connectivity index (χ1) is 12.3. The molecule has 0 bridgehead atoms. The normalized spacial score (nSPS) is 10.8. The van der Waals surface area contributed by atoms with Crippen molar-refractivity contribution < 1.29 is 9.84 Å². The van der Waals surface area contributed by atoms with Crippen molar-refractivity contribution in [2.24, 2.45) is 0 Å². The largest absolute Gasteiger partial charge is 0.457 e. The Morgan fingerprint density at radius 3 is 2.16 bits per heavy atom. The van der Waals surface area contributed by atoms with Gasteiger partial charge in [-0.1, -0.05) is 54.6 Å². The third kappa shape index (κ3) is 3.39. The van der Waals surface area contributed by atoms with Crippen LogP contribution in [0.15, 0.2) is 91.0 Å². The van der Waals surface area contributed by atoms with Gasteiger partial charge in [0, 0.05) is 0 Å². The lowest BCUT2D eigenvalue weighted by Crippen LogP contribution is -1.86. The van der Waals surface area contributed by atoms with Crippen LogP contribution in [-0.4, -0.2) is 5.11 Å². The maximum atomic E-state index is 9.27. The van der Waals surface area contributed by atoms with Crippen molar-refractivity contribution in [3.05, 3.63) is 96.6 Å². The summed E-state index contributed by atoms with van der Waals surface area (Å²) in [5.41, 5.74) is 3.18. The molecule has 0 aliphatic heterocycles. The fourth-order valence-corrected chi connectivity index (χ4v) is 2.94. The third-order valence-corrected chi connectivity index (χ3v) is 4.23. The molecule has 0 saturated heterocycles. The van der Waals surface area contributed by atoms with E-state index in [-0.39, 0.29) is 6.61 Å². The highest BCUT2D eigenvalue weighted by Gasteiger charge is 2.03. The average Bonchev–Trinajstić information content (AvgIpc) is 2.68. The summed E-state index contributed by atoms with van der Waals surface area (Å²) in [6.07, 6.45) is 0. The van der Waals surface area contributed by atoms with E-state index >= 15 is 0 Å². The molecule has 2 heteroatoms. The van der Waals surface area contributed by atoms with Gasteiger partial charge in [0.1, 0.15) is 11.5 Å². The zero-order valence-electron chi connectivity index (χ0n) is 13.7. The lowest BCUT2D eigenvalue weighted by molar-refractivity contribution is 0.282. The highest BCUT2D eigenvalue weighted by molar-refractivity contribution is 5.88. The molecule has 0 radical (unpaired) electrons. The summed E-state index contributed by atoms with van der Waals surface area (Å²) in [7, 11) is 0. The second-order valence-corrected chi connectivity index (χ2v) is 6.00. The first kappa shape index (κ1) is 15.4. The SMILES string of the molecule is OCc1ccc2cc(-c3cccc(Oc4ccccc4)c3)ccc2c1. The van der Waals surface area contributed by atoms with E-state index in [2.05, 4.69) is 36.4 Å². The van der Waals surface area contributed by atoms with Crippen molar-refractivity contribution in [1.29, 1.82) is 0 Å². The fraction of sp³-hybridized carbons (Fsp3) is 0.0435. The number of benzene rings is 4. The van der Waals surface area contributed by atoms with Gasteiger partial charge in [-0.25, -0.2) is 0 Å². The number of rotatable bonds is 4. The monoisotopic (exact) mass is 326 g/mol. The molecule has 0 unspecified atom stereocenters. The molecule has 0 saturated carbocycles. The summed E-state index contributed by atoms with van der Waals surface area (Å²) < 4.78 is 5.93. The van der Waals surface area contributed by atoms with Gasteiger partial charge < -0.3 is 9.84 Å². The van der Waals surface area contributed by atoms with E-state index in [0.717, 1.165) is 39.0 Å². The van der Waals surface area contributed by atoms with E-state index in [1.54, 1.807) is 0 Å². The van der Waals surface area contributed by atoms with Crippen molar-refractivity contribution >= 4 is 10.8 Å². The molecule has 2 nitrogen and oxygen atoms in total. The first-order valence-electron chi connectivity index (χ1n) is 8.29. The van der Waals surface area contributed by atoms with E-state index in [4.69, 9.17) is 4.74 Å². The molecule has 4 rings (SSSR count). The second kappa shape index (κ2) is 6.80. The molecule has 122 valence electrons. The van der Waals surface area contributed by atoms with Crippen LogP contribution in [-0.2, 0) is 6.61 Å². The van der Waals surface area contributed by atoms with Crippen LogP contribution < -0.4 is 4.74 Å². The lowest BCUT2D eigenvalue weighted by atomic mass is 10.00. The van der Waals surface area contributed by atoms with E-state index in [0.29, 0.717) is 0 Å². The highest BCUT2D eigenvalue weighted by Crippen LogP contribution is 2.29. The summed E-state index contributed by atoms with van der Waals surface area (Å²) in [5, 5.41) is 11.6. The zero-order valence-corrected chi connectivity index (χ0v) is 13.7. The standard InChI is InChI=1S/C23H18O2/c24-16-17-9-10-20-14-21(12-11-19(20)13-17)18-5-4-8-23(15-18)25-22-6-2-1-3-7-22/h1-15,24H,16H2. The van der Waals surface area contributed by atoms with Gasteiger partial charge in [0.2, 0.25) is 0 Å². The molecule has 4 aromatic rings. The van der Waals surface area contributed by atoms with E-state index in [1.165, 1.54) is 0 Å². The van der Waals surface area contributed by atoms with Gasteiger partial charge in [-0.15, -0.1) is 0 Å². The lowest BCUT2D eigenvalue weighted by Gasteiger charge is -2.09. The summed E-state index contributed by atoms with van der Waals surface area (Å²) in [4.78, 5) is 0. The predicted octanol–water partition coefficient (Wildman–Crippen LogP) is 5.79. The smallest absolute Gasteiger partial charge is 0.128 e. The Hall–Kier alpha value is -3.10. The maximum absolute atomic E-state index is 9.27. The van der Waals surface area contributed by atoms with Gasteiger partial charge in [0.15, 0.2) is 0 Å². The van der Waals surface area contributed by atoms with E-state index in [9.17, 15) is 5.11 Å². The van der Waals surface area contributed by atoms with Crippen molar-refractivity contribution in [2.75, 3.05) is 0 Å². The summed E-state index contributed by atoms with van der Waals surface area (Å²) in [6, 6.07) is 30.3. The Morgan fingerprint density at radius 1 is 0.600 bits per heavy atom. The van der Waals surface area contributed by atoms with Crippen molar-refractivity contribution in [2.45, 2.75) is 6.61 Å². The molecule has 0 aromatic heterocycles. The molecule has 0 aliphatic carbocycles. The number of aliphatic hydroxyl groups excluding tert-OH is 1. The fourth-order valence-electron chi connectivity index (χ4n) is 2.94. The molecule has 0 amide bonds. The zero-order chi connectivity index (χ0) is 17.1. The first-order valence-corrected chi connectivity index (χ1v) is 8.29. The van der Waals surface area contributed by atoms with E-state index < -0.39 is 0 Å². The molecule has 25 heavy (non-hydrogen) atoms. The van der Waals surface area contributed by atoms with Crippen LogP contribution in [0.2, 0.25) is 0 Å². The Labute approximate surface area is 146 Å². The molecule has 0 spiro atoms. The van der Waals surface area contributed by atoms with Crippen molar-refractivity contribution in [3.63, 3.8) is 0 Å². The van der Waals surface area contributed by atoms with Gasteiger partial charge in [0.05, 0.1) is 6.61 Å². The number of hydrogen-bond acceptors (Lipinski definition) is 2. The van der Waals surface area contributed by atoms with Crippen molar-refractivity contribution in [3.8, 4) is 22.6 Å². The maximum Gasteiger partial charge on any atom is 0.128 e. The summed E-state index contributed by atoms with van der Waals surface area (Å²) in [5.74, 6) is 1.65. The summed E-state index contributed by atoms with van der Waals surface area (Å²) in [6.45, 7) is 0.0660. The van der Waals surface area contributed by atoms with Crippen LogP contribution in [0.4, 0.5) is 0 Å². The van der Waals surface area contributed by atoms with Gasteiger partial charge in [0.25, 0.3) is 0 Å². The molecular formula is C23H18O2. The van der Waals surface area contributed by atoms with Gasteiger partial charge in [-0.3, -0.25) is 0 Å². The van der Waals surface area contributed by atoms with Crippen LogP contribution in [0, 0.1) is 0 Å². The number of ether oxygens (including phenoxy) is 1. The Kier molecular flexibility index (Phi) is 4.19. The quantitative estimate of drug-likeness (QED) is 0.514. The van der Waals surface area contributed by atoms with Crippen LogP contribution in [0.1, 0.15) is 5.56 Å². The topological polar surface area (TPSA) is 29.5 Å². The highest BCUT2D eigenvalue weighted by atomic mass is 16.5. The van der Waals surface area contributed by atoms with Gasteiger partial charge in [-0.05, 0) is 63.9 Å². The van der Waals surface area contributed by atoms with Crippen LogP contribution >= 0.6 is 0 Å². The number of fused-ring (bicyclic) bond motifs is 1. The number of para-hydroxylation sites is 1. The van der Waals surface area contributed by atoms with Crippen LogP contribution in [0.25, 0.3) is 21.9 Å². The molecule has 0 aliphatic rings. The van der Waals surface area contributed by atoms with E-state index in [1.807, 2.05) is 54.6 Å². The van der Waals surface area contributed by atoms with Crippen LogP contribution in [0.3, 0.4) is 0 Å². The Balaban J connectivity index is 1.67. The minimum absolute atomic E-state index is 0.0660. The second-order valence-electron chi connectivity index (χ2n) is 6.00. The average molecular weight is 326 g/mol. The number of aliphatic hydroxyl groups is 1. The predicted molar refractivity (Wildman–Crippen MR) is 102 cm³/mol. The molecular weight excluding hydrogens is 308 g/mol. The molecule has 4 aromatic carbocycles. The number of hydrogen-bond donors (Lipinski definition) is 1. The molecule has 0 atom stereocenters. The molecule has 1 N–H and O–H groups in total. The van der Waals surface area contributed by atoms with Gasteiger partial charge >= 0.3 is 0 Å². The summed E-state index contributed by atoms with van der Waals surface area (Å²) >= 11 is 0. The molecule has 0 heterocycles. The molecule has 0 fully saturated rings. The van der Waals surface area contributed by atoms with Crippen LogP contribution in [0.5, 0.6) is 11.5 Å².